The van der Waals surface area contributed by atoms with Crippen molar-refractivity contribution in [2.75, 3.05) is 26.2 Å². The average Bonchev–Trinajstić information content (AvgIpc) is 3.30. The zero-order valence-corrected chi connectivity index (χ0v) is 19.5. The van der Waals surface area contributed by atoms with Crippen molar-refractivity contribution in [2.45, 2.75) is 32.7 Å². The van der Waals surface area contributed by atoms with Gasteiger partial charge in [-0.05, 0) is 74.8 Å². The molecule has 1 atom stereocenters. The molecule has 3 aromatic rings. The first kappa shape index (κ1) is 23.5. The lowest BCUT2D eigenvalue weighted by Crippen LogP contribution is -2.41. The molecule has 0 aliphatic carbocycles. The number of hydrogen-bond donors (Lipinski definition) is 3. The summed E-state index contributed by atoms with van der Waals surface area (Å²) in [5.74, 6) is 0.563. The number of benzene rings is 2. The second-order valence-electron chi connectivity index (χ2n) is 8.53. The summed E-state index contributed by atoms with van der Waals surface area (Å²) in [5.41, 5.74) is 2.77. The van der Waals surface area contributed by atoms with Crippen molar-refractivity contribution in [1.29, 1.82) is 0 Å². The van der Waals surface area contributed by atoms with Crippen LogP contribution < -0.4 is 15.7 Å². The third-order valence-electron chi connectivity index (χ3n) is 6.19. The molecule has 0 bridgehead atoms. The minimum absolute atomic E-state index is 0.0762. The Hall–Kier alpha value is -3.65. The van der Waals surface area contributed by atoms with E-state index in [1.807, 2.05) is 12.1 Å². The predicted molar refractivity (Wildman–Crippen MR) is 131 cm³/mol. The molecule has 1 aromatic heterocycles. The molecule has 0 saturated carbocycles. The quantitative estimate of drug-likeness (QED) is 0.475. The molecule has 1 aliphatic rings. The summed E-state index contributed by atoms with van der Waals surface area (Å²) < 4.78 is 5.71. The smallest absolute Gasteiger partial charge is 0.345 e. The Labute approximate surface area is 198 Å². The topological polar surface area (TPSA) is 108 Å². The molecule has 1 fully saturated rings. The average molecular weight is 463 g/mol. The largest absolute Gasteiger partial charge is 0.508 e. The van der Waals surface area contributed by atoms with Gasteiger partial charge in [-0.25, -0.2) is 4.79 Å². The molecule has 8 nitrogen and oxygen atoms in total. The number of amides is 1. The van der Waals surface area contributed by atoms with Gasteiger partial charge in [0.05, 0.1) is 11.4 Å². The van der Waals surface area contributed by atoms with Crippen LogP contribution in [0.2, 0.25) is 0 Å². The number of likely N-dealkylation sites (tertiary alicyclic amines) is 1. The van der Waals surface area contributed by atoms with E-state index in [9.17, 15) is 14.7 Å². The van der Waals surface area contributed by atoms with Gasteiger partial charge >= 0.3 is 5.69 Å². The molecule has 178 valence electrons. The van der Waals surface area contributed by atoms with Crippen molar-refractivity contribution in [3.63, 3.8) is 0 Å². The zero-order chi connectivity index (χ0) is 24.1. The highest BCUT2D eigenvalue weighted by atomic mass is 16.5. The van der Waals surface area contributed by atoms with Gasteiger partial charge in [0.2, 0.25) is 0 Å². The van der Waals surface area contributed by atoms with E-state index in [-0.39, 0.29) is 18.3 Å². The van der Waals surface area contributed by atoms with Crippen molar-refractivity contribution in [3.05, 3.63) is 64.6 Å². The van der Waals surface area contributed by atoms with Gasteiger partial charge in [0, 0.05) is 23.7 Å². The van der Waals surface area contributed by atoms with Crippen molar-refractivity contribution in [2.24, 2.45) is 0 Å². The Morgan fingerprint density at radius 3 is 2.88 bits per heavy atom. The number of aromatic nitrogens is 2. The summed E-state index contributed by atoms with van der Waals surface area (Å²) in [7, 11) is 0. The Morgan fingerprint density at radius 2 is 2.09 bits per heavy atom. The number of aryl methyl sites for hydroxylation is 1. The van der Waals surface area contributed by atoms with Crippen LogP contribution in [-0.2, 0) is 4.79 Å². The van der Waals surface area contributed by atoms with Crippen LogP contribution in [-0.4, -0.2) is 58.2 Å². The van der Waals surface area contributed by atoms with Crippen LogP contribution >= 0.6 is 0 Å². The number of nitrogens with zero attached hydrogens (tertiary/aromatic N) is 2. The van der Waals surface area contributed by atoms with Gasteiger partial charge in [0.15, 0.2) is 6.61 Å². The van der Waals surface area contributed by atoms with Crippen molar-refractivity contribution in [1.82, 2.24) is 20.2 Å². The molecule has 1 unspecified atom stereocenters. The molecule has 3 N–H and O–H groups in total. The van der Waals surface area contributed by atoms with E-state index in [4.69, 9.17) is 4.74 Å². The summed E-state index contributed by atoms with van der Waals surface area (Å²) in [6.45, 7) is 6.57. The van der Waals surface area contributed by atoms with E-state index in [0.717, 1.165) is 30.6 Å². The molecule has 2 aromatic carbocycles. The van der Waals surface area contributed by atoms with Crippen LogP contribution in [0.4, 0.5) is 0 Å². The van der Waals surface area contributed by atoms with Gasteiger partial charge in [0.25, 0.3) is 5.91 Å². The lowest BCUT2D eigenvalue weighted by molar-refractivity contribution is -0.123. The first-order chi connectivity index (χ1) is 16.4. The standard InChI is InChI=1S/C26H30N4O4/c1-3-30-11-5-7-20(30)15-27-25(32)16-34-21-8-4-6-18(13-21)22-14-23(29-26(33)28-22)19-9-10-24(31)17(2)12-19/h4,6,8-10,12-14,20,31H,3,5,7,11,15-16H2,1-2H3,(H,27,32)(H,28,29,33). The van der Waals surface area contributed by atoms with Gasteiger partial charge in [-0.2, -0.15) is 4.98 Å². The number of phenols is 1. The molecule has 4 rings (SSSR count). The number of likely N-dealkylation sites (N-methyl/N-ethyl adjacent to an activating group) is 1. The number of aromatic amines is 1. The van der Waals surface area contributed by atoms with Gasteiger partial charge in [0.1, 0.15) is 11.5 Å². The predicted octanol–water partition coefficient (Wildman–Crippen LogP) is 3.10. The van der Waals surface area contributed by atoms with Crippen LogP contribution in [0.25, 0.3) is 22.5 Å². The third-order valence-corrected chi connectivity index (χ3v) is 6.19. The van der Waals surface area contributed by atoms with E-state index in [0.29, 0.717) is 35.3 Å². The van der Waals surface area contributed by atoms with Crippen LogP contribution in [0.15, 0.2) is 53.3 Å². The minimum Gasteiger partial charge on any atom is -0.508 e. The van der Waals surface area contributed by atoms with Crippen LogP contribution in [0.3, 0.4) is 0 Å². The molecule has 8 heteroatoms. The number of carbonyl (C=O) groups excluding carboxylic acids is 1. The molecular formula is C26H30N4O4. The summed E-state index contributed by atoms with van der Waals surface area (Å²) >= 11 is 0. The number of nitrogens with one attached hydrogen (secondary N) is 2. The molecule has 1 amide bonds. The molecule has 0 spiro atoms. The van der Waals surface area contributed by atoms with Crippen LogP contribution in [0.1, 0.15) is 25.3 Å². The summed E-state index contributed by atoms with van der Waals surface area (Å²) in [4.78, 5) is 33.7. The Bertz CT molecular complexity index is 1220. The highest BCUT2D eigenvalue weighted by Gasteiger charge is 2.23. The number of rotatable bonds is 8. The highest BCUT2D eigenvalue weighted by molar-refractivity contribution is 5.77. The summed E-state index contributed by atoms with van der Waals surface area (Å²) in [6.07, 6.45) is 2.27. The Morgan fingerprint density at radius 1 is 1.24 bits per heavy atom. The molecule has 0 radical (unpaired) electrons. The molecule has 2 heterocycles. The zero-order valence-electron chi connectivity index (χ0n) is 19.5. The number of aromatic hydroxyl groups is 1. The number of hydrogen-bond acceptors (Lipinski definition) is 6. The monoisotopic (exact) mass is 462 g/mol. The fourth-order valence-electron chi connectivity index (χ4n) is 4.30. The number of ether oxygens (including phenoxy) is 1. The maximum Gasteiger partial charge on any atom is 0.345 e. The second-order valence-corrected chi connectivity index (χ2v) is 8.53. The van der Waals surface area contributed by atoms with Crippen molar-refractivity contribution >= 4 is 5.91 Å². The lowest BCUT2D eigenvalue weighted by atomic mass is 10.1. The normalized spacial score (nSPS) is 15.9. The molecule has 1 saturated heterocycles. The van der Waals surface area contributed by atoms with Gasteiger partial charge in [-0.1, -0.05) is 19.1 Å². The minimum atomic E-state index is -0.475. The molecular weight excluding hydrogens is 432 g/mol. The number of phenolic OH excluding ortho intramolecular Hbond substituents is 1. The molecule has 1 aliphatic heterocycles. The first-order valence-corrected chi connectivity index (χ1v) is 11.6. The van der Waals surface area contributed by atoms with Crippen LogP contribution in [0.5, 0.6) is 11.5 Å². The second kappa shape index (κ2) is 10.5. The lowest BCUT2D eigenvalue weighted by Gasteiger charge is -2.22. The fourth-order valence-corrected chi connectivity index (χ4v) is 4.30. The number of H-pyrrole nitrogens is 1. The summed E-state index contributed by atoms with van der Waals surface area (Å²) in [6, 6.07) is 14.5. The van der Waals surface area contributed by atoms with Gasteiger partial charge in [-0.15, -0.1) is 0 Å². The van der Waals surface area contributed by atoms with E-state index in [1.165, 1.54) is 6.42 Å². The van der Waals surface area contributed by atoms with Gasteiger partial charge in [-0.3, -0.25) is 9.69 Å². The van der Waals surface area contributed by atoms with Crippen LogP contribution in [0, 0.1) is 6.92 Å². The summed E-state index contributed by atoms with van der Waals surface area (Å²) in [5, 5.41) is 12.7. The van der Waals surface area contributed by atoms with Gasteiger partial charge < -0.3 is 20.1 Å². The van der Waals surface area contributed by atoms with E-state index in [1.54, 1.807) is 43.3 Å². The SMILES string of the molecule is CCN1CCCC1CNC(=O)COc1cccc(-c2cc(-c3ccc(O)c(C)c3)nc(=O)[nH]2)c1. The molecule has 34 heavy (non-hydrogen) atoms. The highest BCUT2D eigenvalue weighted by Crippen LogP contribution is 2.27. The van der Waals surface area contributed by atoms with E-state index >= 15 is 0 Å². The Balaban J connectivity index is 1.43. The maximum atomic E-state index is 12.3. The van der Waals surface area contributed by atoms with E-state index < -0.39 is 5.69 Å². The van der Waals surface area contributed by atoms with Crippen molar-refractivity contribution in [3.8, 4) is 34.0 Å². The maximum absolute atomic E-state index is 12.3. The fraction of sp³-hybridized carbons (Fsp3) is 0.346. The first-order valence-electron chi connectivity index (χ1n) is 11.6. The number of carbonyl (C=O) groups is 1. The Kier molecular flexibility index (Phi) is 7.27. The third kappa shape index (κ3) is 5.63. The van der Waals surface area contributed by atoms with Crippen molar-refractivity contribution < 1.29 is 14.6 Å². The van der Waals surface area contributed by atoms with E-state index in [2.05, 4.69) is 27.1 Å².